The second kappa shape index (κ2) is 6.67. The smallest absolute Gasteiger partial charge is 0.274 e. The lowest BCUT2D eigenvalue weighted by Gasteiger charge is -2.34. The van der Waals surface area contributed by atoms with Crippen LogP contribution in [-0.2, 0) is 7.05 Å². The first-order chi connectivity index (χ1) is 13.0. The number of carbonyl (C=O) groups is 2. The molecule has 1 aliphatic heterocycles. The van der Waals surface area contributed by atoms with E-state index in [1.165, 1.54) is 12.1 Å². The maximum atomic E-state index is 12.8. The van der Waals surface area contributed by atoms with Crippen molar-refractivity contribution in [2.24, 2.45) is 7.05 Å². The number of nitrogens with zero attached hydrogens (tertiary/aromatic N) is 5. The quantitative estimate of drug-likeness (QED) is 0.700. The summed E-state index contributed by atoms with van der Waals surface area (Å²) in [5.74, 6) is -0.329. The van der Waals surface area contributed by atoms with Gasteiger partial charge in [0.25, 0.3) is 17.4 Å². The van der Waals surface area contributed by atoms with Gasteiger partial charge in [-0.2, -0.15) is 5.10 Å². The number of fused-ring (bicyclic) bond motifs is 1. The number of rotatable bonds is 2. The van der Waals surface area contributed by atoms with Crippen molar-refractivity contribution in [1.82, 2.24) is 29.5 Å². The maximum Gasteiger partial charge on any atom is 0.274 e. The predicted octanol–water partition coefficient (Wildman–Crippen LogP) is 0.255. The Kier molecular flexibility index (Phi) is 4.19. The van der Waals surface area contributed by atoms with E-state index >= 15 is 0 Å². The number of H-pyrrole nitrogens is 1. The van der Waals surface area contributed by atoms with Crippen LogP contribution in [-0.4, -0.2) is 67.5 Å². The summed E-state index contributed by atoms with van der Waals surface area (Å²) in [5, 5.41) is 6.03. The lowest BCUT2D eigenvalue weighted by atomic mass is 10.1. The number of nitrogens with one attached hydrogen (secondary N) is 1. The van der Waals surface area contributed by atoms with Crippen LogP contribution in [0.5, 0.6) is 0 Å². The molecule has 0 unspecified atom stereocenters. The largest absolute Gasteiger partial charge is 0.335 e. The summed E-state index contributed by atoms with van der Waals surface area (Å²) in [6.07, 6.45) is 1.72. The lowest BCUT2D eigenvalue weighted by Crippen LogP contribution is -2.50. The molecule has 3 aromatic rings. The topological polar surface area (TPSA) is 104 Å². The van der Waals surface area contributed by atoms with E-state index in [1.807, 2.05) is 17.7 Å². The number of hydrogen-bond acceptors (Lipinski definition) is 5. The molecule has 0 atom stereocenters. The standard InChI is InChI=1S/C18H18N6O3/c1-22-11-19-14-10-12(2-4-15(14)22)17(26)23-6-8-24(9-7-23)18(27)13-3-5-16(25)21-20-13/h2-5,10-11H,6-9H2,1H3,(H,21,25). The van der Waals surface area contributed by atoms with Crippen LogP contribution >= 0.6 is 0 Å². The minimum Gasteiger partial charge on any atom is -0.335 e. The zero-order chi connectivity index (χ0) is 19.0. The Morgan fingerprint density at radius 2 is 1.70 bits per heavy atom. The number of aromatic nitrogens is 4. The second-order valence-electron chi connectivity index (χ2n) is 6.45. The molecule has 4 rings (SSSR count). The van der Waals surface area contributed by atoms with Crippen LogP contribution in [0, 0.1) is 0 Å². The summed E-state index contributed by atoms with van der Waals surface area (Å²) in [5.41, 5.74) is 2.17. The molecular weight excluding hydrogens is 348 g/mol. The van der Waals surface area contributed by atoms with E-state index in [-0.39, 0.29) is 23.1 Å². The van der Waals surface area contributed by atoms with Crippen LogP contribution in [0.4, 0.5) is 0 Å². The molecule has 0 bridgehead atoms. The van der Waals surface area contributed by atoms with Crippen molar-refractivity contribution < 1.29 is 9.59 Å². The van der Waals surface area contributed by atoms with Crippen LogP contribution in [0.3, 0.4) is 0 Å². The summed E-state index contributed by atoms with van der Waals surface area (Å²) >= 11 is 0. The summed E-state index contributed by atoms with van der Waals surface area (Å²) in [6, 6.07) is 8.15. The predicted molar refractivity (Wildman–Crippen MR) is 97.4 cm³/mol. The Balaban J connectivity index is 1.43. The Morgan fingerprint density at radius 1 is 1.00 bits per heavy atom. The third kappa shape index (κ3) is 3.19. The molecule has 27 heavy (non-hydrogen) atoms. The molecule has 0 spiro atoms. The van der Waals surface area contributed by atoms with Crippen LogP contribution in [0.15, 0.2) is 41.5 Å². The van der Waals surface area contributed by atoms with Gasteiger partial charge in [-0.15, -0.1) is 0 Å². The van der Waals surface area contributed by atoms with Crippen LogP contribution in [0.25, 0.3) is 11.0 Å². The molecule has 1 aliphatic rings. The zero-order valence-corrected chi connectivity index (χ0v) is 14.8. The molecule has 2 amide bonds. The molecule has 138 valence electrons. The highest BCUT2D eigenvalue weighted by Gasteiger charge is 2.26. The fourth-order valence-electron chi connectivity index (χ4n) is 3.19. The third-order valence-corrected chi connectivity index (χ3v) is 4.72. The minimum absolute atomic E-state index is 0.0724. The molecule has 9 nitrogen and oxygen atoms in total. The van der Waals surface area contributed by atoms with Gasteiger partial charge in [0, 0.05) is 44.9 Å². The number of piperazine rings is 1. The number of aryl methyl sites for hydroxylation is 1. The van der Waals surface area contributed by atoms with Crippen LogP contribution in [0.1, 0.15) is 20.8 Å². The van der Waals surface area contributed by atoms with Crippen molar-refractivity contribution in [3.63, 3.8) is 0 Å². The van der Waals surface area contributed by atoms with Gasteiger partial charge >= 0.3 is 0 Å². The Bertz CT molecular complexity index is 1060. The molecule has 0 radical (unpaired) electrons. The lowest BCUT2D eigenvalue weighted by molar-refractivity contribution is 0.0531. The highest BCUT2D eigenvalue weighted by molar-refractivity contribution is 5.98. The maximum absolute atomic E-state index is 12.8. The van der Waals surface area contributed by atoms with Gasteiger partial charge in [0.05, 0.1) is 17.4 Å². The first-order valence-corrected chi connectivity index (χ1v) is 8.58. The van der Waals surface area contributed by atoms with E-state index in [0.717, 1.165) is 11.0 Å². The SMILES string of the molecule is Cn1cnc2cc(C(=O)N3CCN(C(=O)c4ccc(=O)[nH]n4)CC3)ccc21. The zero-order valence-electron chi connectivity index (χ0n) is 14.8. The van der Waals surface area contributed by atoms with Crippen molar-refractivity contribution in [2.75, 3.05) is 26.2 Å². The number of carbonyl (C=O) groups excluding carboxylic acids is 2. The Morgan fingerprint density at radius 3 is 2.37 bits per heavy atom. The monoisotopic (exact) mass is 366 g/mol. The number of benzene rings is 1. The third-order valence-electron chi connectivity index (χ3n) is 4.72. The number of amides is 2. The number of aromatic amines is 1. The first kappa shape index (κ1) is 17.0. The molecular formula is C18H18N6O3. The number of imidazole rings is 1. The van der Waals surface area contributed by atoms with Gasteiger partial charge < -0.3 is 14.4 Å². The summed E-state index contributed by atoms with van der Waals surface area (Å²) in [7, 11) is 1.91. The first-order valence-electron chi connectivity index (χ1n) is 8.58. The van der Waals surface area contributed by atoms with Gasteiger partial charge in [-0.25, -0.2) is 10.1 Å². The van der Waals surface area contributed by atoms with E-state index in [0.29, 0.717) is 31.7 Å². The average molecular weight is 366 g/mol. The highest BCUT2D eigenvalue weighted by Crippen LogP contribution is 2.16. The molecule has 1 fully saturated rings. The summed E-state index contributed by atoms with van der Waals surface area (Å²) in [6.45, 7) is 1.71. The fraction of sp³-hybridized carbons (Fsp3) is 0.278. The molecule has 0 saturated carbocycles. The van der Waals surface area contributed by atoms with Gasteiger partial charge in [-0.1, -0.05) is 0 Å². The molecule has 1 N–H and O–H groups in total. The van der Waals surface area contributed by atoms with Crippen molar-refractivity contribution >= 4 is 22.8 Å². The van der Waals surface area contributed by atoms with Crippen molar-refractivity contribution in [3.8, 4) is 0 Å². The second-order valence-corrected chi connectivity index (χ2v) is 6.45. The average Bonchev–Trinajstić information content (AvgIpc) is 3.08. The van der Waals surface area contributed by atoms with E-state index in [4.69, 9.17) is 0 Å². The minimum atomic E-state index is -0.355. The normalized spacial score (nSPS) is 14.6. The fourth-order valence-corrected chi connectivity index (χ4v) is 3.19. The highest BCUT2D eigenvalue weighted by atomic mass is 16.2. The molecule has 1 aromatic carbocycles. The molecule has 2 aromatic heterocycles. The van der Waals surface area contributed by atoms with Crippen molar-refractivity contribution in [3.05, 3.63) is 58.3 Å². The molecule has 3 heterocycles. The van der Waals surface area contributed by atoms with E-state index in [1.54, 1.807) is 28.3 Å². The Hall–Kier alpha value is -3.49. The van der Waals surface area contributed by atoms with Gasteiger partial charge in [0.1, 0.15) is 5.69 Å². The molecule has 9 heteroatoms. The molecule has 1 saturated heterocycles. The Labute approximate surface area is 154 Å². The van der Waals surface area contributed by atoms with E-state index in [2.05, 4.69) is 15.2 Å². The van der Waals surface area contributed by atoms with Crippen LogP contribution in [0.2, 0.25) is 0 Å². The van der Waals surface area contributed by atoms with Crippen LogP contribution < -0.4 is 5.56 Å². The molecule has 0 aliphatic carbocycles. The van der Waals surface area contributed by atoms with Crippen molar-refractivity contribution in [2.45, 2.75) is 0 Å². The van der Waals surface area contributed by atoms with Gasteiger partial charge in [-0.05, 0) is 24.3 Å². The van der Waals surface area contributed by atoms with E-state index in [9.17, 15) is 14.4 Å². The summed E-state index contributed by atoms with van der Waals surface area (Å²) in [4.78, 5) is 43.9. The van der Waals surface area contributed by atoms with Gasteiger partial charge in [0.2, 0.25) is 0 Å². The van der Waals surface area contributed by atoms with Crippen molar-refractivity contribution in [1.29, 1.82) is 0 Å². The van der Waals surface area contributed by atoms with Gasteiger partial charge in [-0.3, -0.25) is 14.4 Å². The van der Waals surface area contributed by atoms with Gasteiger partial charge in [0.15, 0.2) is 0 Å². The summed E-state index contributed by atoms with van der Waals surface area (Å²) < 4.78 is 1.90. The van der Waals surface area contributed by atoms with E-state index < -0.39 is 0 Å². The number of hydrogen-bond donors (Lipinski definition) is 1.